The lowest BCUT2D eigenvalue weighted by Gasteiger charge is -2.15. The van der Waals surface area contributed by atoms with Gasteiger partial charge in [-0.15, -0.1) is 11.8 Å². The molecule has 2 amide bonds. The van der Waals surface area contributed by atoms with Crippen LogP contribution >= 0.6 is 11.8 Å². The van der Waals surface area contributed by atoms with Gasteiger partial charge in [0.05, 0.1) is 27.5 Å². The summed E-state index contributed by atoms with van der Waals surface area (Å²) in [4.78, 5) is 24.9. The number of nitrogens with one attached hydrogen (secondary N) is 2. The zero-order valence-corrected chi connectivity index (χ0v) is 17.3. The van der Waals surface area contributed by atoms with E-state index in [2.05, 4.69) is 10.6 Å². The van der Waals surface area contributed by atoms with Crippen LogP contribution in [-0.2, 0) is 19.4 Å². The Balaban J connectivity index is 1.72. The lowest BCUT2D eigenvalue weighted by molar-refractivity contribution is -0.116. The van der Waals surface area contributed by atoms with Gasteiger partial charge in [0, 0.05) is 29.2 Å². The number of nitrogens with zero attached hydrogens (tertiary/aromatic N) is 1. The van der Waals surface area contributed by atoms with Crippen LogP contribution in [0.5, 0.6) is 0 Å². The van der Waals surface area contributed by atoms with E-state index in [4.69, 9.17) is 5.26 Å². The van der Waals surface area contributed by atoms with Crippen LogP contribution in [0, 0.1) is 11.3 Å². The number of nitriles is 1. The van der Waals surface area contributed by atoms with Crippen LogP contribution in [0.25, 0.3) is 0 Å². The van der Waals surface area contributed by atoms with Gasteiger partial charge in [0.1, 0.15) is 0 Å². The molecular weight excluding hydrogens is 410 g/mol. The minimum absolute atomic E-state index is 0.0673. The largest absolute Gasteiger partial charge is 0.326 e. The predicted octanol–water partition coefficient (Wildman–Crippen LogP) is 3.18. The average Bonchev–Trinajstić information content (AvgIpc) is 2.88. The van der Waals surface area contributed by atoms with Crippen molar-refractivity contribution in [3.63, 3.8) is 0 Å². The van der Waals surface area contributed by atoms with Crippen molar-refractivity contribution in [2.45, 2.75) is 34.8 Å². The third-order valence-electron chi connectivity index (χ3n) is 4.44. The van der Waals surface area contributed by atoms with Crippen molar-refractivity contribution in [3.05, 3.63) is 48.0 Å². The van der Waals surface area contributed by atoms with Gasteiger partial charge < -0.3 is 10.6 Å². The standard InChI is InChI=1S/C20H19N3O4S2/c1-13(10-20(25)22-15-4-2-14(12-21)3-5-15)29(26,27)16-6-7-18-17(11-16)23-19(24)8-9-28-18/h2-7,11,13H,8-10H2,1H3,(H,22,25)(H,23,24)/t13-/m0/s1. The summed E-state index contributed by atoms with van der Waals surface area (Å²) in [6.45, 7) is 1.48. The molecule has 9 heteroatoms. The van der Waals surface area contributed by atoms with Gasteiger partial charge in [-0.3, -0.25) is 9.59 Å². The molecule has 1 aliphatic rings. The van der Waals surface area contributed by atoms with E-state index in [1.165, 1.54) is 30.8 Å². The topological polar surface area (TPSA) is 116 Å². The van der Waals surface area contributed by atoms with Crippen LogP contribution < -0.4 is 10.6 Å². The Kier molecular flexibility index (Phi) is 6.25. The fourth-order valence-corrected chi connectivity index (χ4v) is 5.13. The molecule has 0 unspecified atom stereocenters. The molecule has 7 nitrogen and oxygen atoms in total. The van der Waals surface area contributed by atoms with Gasteiger partial charge in [0.2, 0.25) is 11.8 Å². The third-order valence-corrected chi connectivity index (χ3v) is 7.65. The van der Waals surface area contributed by atoms with E-state index in [0.29, 0.717) is 29.1 Å². The van der Waals surface area contributed by atoms with Gasteiger partial charge in [-0.05, 0) is 49.4 Å². The van der Waals surface area contributed by atoms with E-state index in [9.17, 15) is 18.0 Å². The summed E-state index contributed by atoms with van der Waals surface area (Å²) >= 11 is 1.49. The number of amides is 2. The molecule has 0 bridgehead atoms. The predicted molar refractivity (Wildman–Crippen MR) is 111 cm³/mol. The first-order valence-corrected chi connectivity index (χ1v) is 11.4. The summed E-state index contributed by atoms with van der Waals surface area (Å²) in [5.74, 6) is 0.0432. The number of carbonyl (C=O) groups is 2. The Morgan fingerprint density at radius 2 is 2.00 bits per heavy atom. The van der Waals surface area contributed by atoms with E-state index < -0.39 is 21.0 Å². The molecule has 0 aromatic heterocycles. The SMILES string of the molecule is C[C@@H](CC(=O)Nc1ccc(C#N)cc1)S(=O)(=O)c1ccc2c(c1)NC(=O)CCS2. The Bertz CT molecular complexity index is 1090. The molecule has 0 saturated heterocycles. The first kappa shape index (κ1) is 20.9. The second kappa shape index (κ2) is 8.68. The third kappa shape index (κ3) is 4.96. The van der Waals surface area contributed by atoms with Crippen molar-refractivity contribution in [1.29, 1.82) is 5.26 Å². The van der Waals surface area contributed by atoms with E-state index >= 15 is 0 Å². The molecule has 0 saturated carbocycles. The van der Waals surface area contributed by atoms with Crippen LogP contribution in [0.4, 0.5) is 11.4 Å². The van der Waals surface area contributed by atoms with Gasteiger partial charge in [-0.25, -0.2) is 8.42 Å². The Hall–Kier alpha value is -2.83. The molecule has 0 radical (unpaired) electrons. The highest BCUT2D eigenvalue weighted by atomic mass is 32.2. The minimum atomic E-state index is -3.76. The first-order chi connectivity index (χ1) is 13.8. The summed E-state index contributed by atoms with van der Waals surface area (Å²) in [5.41, 5.74) is 1.43. The number of benzene rings is 2. The van der Waals surface area contributed by atoms with Crippen molar-refractivity contribution in [2.75, 3.05) is 16.4 Å². The normalized spacial score (nSPS) is 14.7. The monoisotopic (exact) mass is 429 g/mol. The maximum absolute atomic E-state index is 12.9. The maximum Gasteiger partial charge on any atom is 0.225 e. The molecule has 29 heavy (non-hydrogen) atoms. The molecule has 1 atom stereocenters. The summed E-state index contributed by atoms with van der Waals surface area (Å²) in [7, 11) is -3.76. The Labute approximate surface area is 173 Å². The lowest BCUT2D eigenvalue weighted by Crippen LogP contribution is -2.25. The van der Waals surface area contributed by atoms with E-state index in [0.717, 1.165) is 4.90 Å². The summed E-state index contributed by atoms with van der Waals surface area (Å²) in [6, 6.07) is 12.9. The van der Waals surface area contributed by atoms with Gasteiger partial charge in [0.15, 0.2) is 9.84 Å². The number of fused-ring (bicyclic) bond motifs is 1. The Morgan fingerprint density at radius 3 is 2.69 bits per heavy atom. The van der Waals surface area contributed by atoms with Crippen molar-refractivity contribution in [1.82, 2.24) is 0 Å². The lowest BCUT2D eigenvalue weighted by atomic mass is 10.2. The number of carbonyl (C=O) groups excluding carboxylic acids is 2. The fourth-order valence-electron chi connectivity index (χ4n) is 2.82. The fraction of sp³-hybridized carbons (Fsp3) is 0.250. The molecule has 150 valence electrons. The molecule has 3 rings (SSSR count). The van der Waals surface area contributed by atoms with Crippen LogP contribution in [0.3, 0.4) is 0 Å². The van der Waals surface area contributed by atoms with Crippen LogP contribution in [0.2, 0.25) is 0 Å². The van der Waals surface area contributed by atoms with Crippen LogP contribution in [0.15, 0.2) is 52.3 Å². The van der Waals surface area contributed by atoms with E-state index in [1.807, 2.05) is 6.07 Å². The van der Waals surface area contributed by atoms with Gasteiger partial charge in [0.25, 0.3) is 0 Å². The number of rotatable bonds is 5. The molecule has 1 heterocycles. The summed E-state index contributed by atoms with van der Waals surface area (Å²) in [6.07, 6.45) is 0.147. The first-order valence-electron chi connectivity index (χ1n) is 8.90. The smallest absolute Gasteiger partial charge is 0.225 e. The number of anilines is 2. The van der Waals surface area contributed by atoms with Crippen LogP contribution in [0.1, 0.15) is 25.3 Å². The molecule has 0 fully saturated rings. The van der Waals surface area contributed by atoms with Crippen molar-refractivity contribution < 1.29 is 18.0 Å². The molecule has 1 aliphatic heterocycles. The van der Waals surface area contributed by atoms with Gasteiger partial charge >= 0.3 is 0 Å². The molecule has 0 spiro atoms. The van der Waals surface area contributed by atoms with Crippen molar-refractivity contribution in [2.24, 2.45) is 0 Å². The molecule has 2 aromatic carbocycles. The number of hydrogen-bond acceptors (Lipinski definition) is 6. The van der Waals surface area contributed by atoms with Gasteiger partial charge in [-0.1, -0.05) is 0 Å². The highest BCUT2D eigenvalue weighted by Gasteiger charge is 2.27. The molecular formula is C20H19N3O4S2. The molecule has 2 aromatic rings. The zero-order valence-electron chi connectivity index (χ0n) is 15.6. The maximum atomic E-state index is 12.9. The number of sulfone groups is 1. The second-order valence-corrected chi connectivity index (χ2v) is 10.1. The summed E-state index contributed by atoms with van der Waals surface area (Å²) < 4.78 is 25.8. The summed E-state index contributed by atoms with van der Waals surface area (Å²) in [5, 5.41) is 13.2. The molecule has 0 aliphatic carbocycles. The average molecular weight is 430 g/mol. The minimum Gasteiger partial charge on any atom is -0.326 e. The number of thioether (sulfide) groups is 1. The van der Waals surface area contributed by atoms with E-state index in [-0.39, 0.29) is 17.2 Å². The zero-order chi connectivity index (χ0) is 21.0. The van der Waals surface area contributed by atoms with Crippen LogP contribution in [-0.4, -0.2) is 31.2 Å². The highest BCUT2D eigenvalue weighted by molar-refractivity contribution is 7.99. The molecule has 2 N–H and O–H groups in total. The van der Waals surface area contributed by atoms with E-state index in [1.54, 1.807) is 30.3 Å². The quantitative estimate of drug-likeness (QED) is 0.754. The second-order valence-electron chi connectivity index (χ2n) is 6.60. The highest BCUT2D eigenvalue weighted by Crippen LogP contribution is 2.33. The Morgan fingerprint density at radius 1 is 1.28 bits per heavy atom. The van der Waals surface area contributed by atoms with Crippen molar-refractivity contribution >= 4 is 44.8 Å². The number of hydrogen-bond donors (Lipinski definition) is 2. The van der Waals surface area contributed by atoms with Crippen molar-refractivity contribution in [3.8, 4) is 6.07 Å². The van der Waals surface area contributed by atoms with Gasteiger partial charge in [-0.2, -0.15) is 5.26 Å².